The van der Waals surface area contributed by atoms with Gasteiger partial charge in [-0.15, -0.1) is 0 Å². The quantitative estimate of drug-likeness (QED) is 0.178. The van der Waals surface area contributed by atoms with Gasteiger partial charge < -0.3 is 33.2 Å². The number of hydrogen-bond acceptors (Lipinski definition) is 8. The van der Waals surface area contributed by atoms with Gasteiger partial charge in [0, 0.05) is 41.8 Å². The molecule has 0 saturated heterocycles. The maximum atomic E-state index is 11.7. The van der Waals surface area contributed by atoms with Crippen molar-refractivity contribution in [3.63, 3.8) is 0 Å². The first kappa shape index (κ1) is 36.3. The predicted octanol–water partition coefficient (Wildman–Crippen LogP) is 1.46. The fourth-order valence-corrected chi connectivity index (χ4v) is 4.91. The second-order valence-electron chi connectivity index (χ2n) is 10.4. The van der Waals surface area contributed by atoms with E-state index in [0.29, 0.717) is 35.8 Å². The summed E-state index contributed by atoms with van der Waals surface area (Å²) >= 11 is 6.38. The molecule has 0 aromatic carbocycles. The minimum atomic E-state index is -1.30. The summed E-state index contributed by atoms with van der Waals surface area (Å²) in [6, 6.07) is 2.14. The zero-order valence-corrected chi connectivity index (χ0v) is 28.3. The molecule has 204 valence electrons. The molecule has 0 N–H and O–H groups in total. The van der Waals surface area contributed by atoms with Crippen LogP contribution in [0.5, 0.6) is 0 Å². The van der Waals surface area contributed by atoms with Crippen LogP contribution in [0.1, 0.15) is 28.2 Å². The molecule has 0 radical (unpaired) electrons. The summed E-state index contributed by atoms with van der Waals surface area (Å²) in [5.41, 5.74) is 0. The van der Waals surface area contributed by atoms with Crippen LogP contribution in [0.25, 0.3) is 0 Å². The van der Waals surface area contributed by atoms with Gasteiger partial charge in [-0.05, 0) is 50.9 Å². The van der Waals surface area contributed by atoms with Gasteiger partial charge in [0.1, 0.15) is 28.6 Å². The molecule has 0 unspecified atom stereocenters. The number of imidazole rings is 2. The van der Waals surface area contributed by atoms with E-state index in [4.69, 9.17) is 14.2 Å². The molecule has 0 atom stereocenters. The van der Waals surface area contributed by atoms with Gasteiger partial charge in [-0.25, -0.2) is 14.8 Å². The summed E-state index contributed by atoms with van der Waals surface area (Å²) in [5, 5.41) is 10.8. The largest absolute Gasteiger partial charge is 1.00 e. The molecule has 2 rings (SSSR count). The normalized spacial score (nSPS) is 11.4. The van der Waals surface area contributed by atoms with Crippen LogP contribution >= 0.6 is 31.9 Å². The van der Waals surface area contributed by atoms with E-state index in [9.17, 15) is 14.7 Å². The van der Waals surface area contributed by atoms with E-state index in [-0.39, 0.29) is 37.2 Å². The summed E-state index contributed by atoms with van der Waals surface area (Å²) in [6.45, 7) is 17.6. The number of carboxylic acid groups (broad SMARTS) is 1. The fraction of sp³-hybridized carbons (Fsp3) is 0.636. The van der Waals surface area contributed by atoms with Crippen LogP contribution in [0.2, 0.25) is 51.4 Å². The summed E-state index contributed by atoms with van der Waals surface area (Å²) in [6.07, 6.45) is 3.29. The molecular weight excluding hydrogens is 639 g/mol. The van der Waals surface area contributed by atoms with Gasteiger partial charge in [0.15, 0.2) is 5.82 Å². The third-order valence-electron chi connectivity index (χ3n) is 4.59. The maximum absolute atomic E-state index is 11.7. The summed E-state index contributed by atoms with van der Waals surface area (Å²) in [4.78, 5) is 30.3. The Morgan fingerprint density at radius 3 is 1.65 bits per heavy atom. The van der Waals surface area contributed by atoms with Crippen LogP contribution in [-0.2, 0) is 27.7 Å². The van der Waals surface area contributed by atoms with Crippen LogP contribution in [0.4, 0.5) is 0 Å². The Bertz CT molecular complexity index is 993. The number of rotatable bonds is 13. The van der Waals surface area contributed by atoms with Gasteiger partial charge in [-0.3, -0.25) is 0 Å². The molecule has 10 nitrogen and oxygen atoms in total. The second-order valence-corrected chi connectivity index (χ2v) is 23.3. The molecule has 2 aromatic rings. The molecule has 37 heavy (non-hydrogen) atoms. The maximum Gasteiger partial charge on any atom is 1.00 e. The summed E-state index contributed by atoms with van der Waals surface area (Å²) < 4.78 is 20.1. The van der Waals surface area contributed by atoms with E-state index in [1.54, 1.807) is 23.9 Å². The summed E-state index contributed by atoms with van der Waals surface area (Å²) in [7, 11) is -2.20. The number of carbonyl (C=O) groups is 2. The van der Waals surface area contributed by atoms with Crippen molar-refractivity contribution in [2.75, 3.05) is 19.8 Å². The number of halogens is 2. The van der Waals surface area contributed by atoms with Crippen molar-refractivity contribution in [3.8, 4) is 0 Å². The van der Waals surface area contributed by atoms with Crippen LogP contribution < -0.4 is 24.0 Å². The van der Waals surface area contributed by atoms with Gasteiger partial charge in [-0.1, -0.05) is 39.3 Å². The molecule has 0 spiro atoms. The van der Waals surface area contributed by atoms with Crippen molar-refractivity contribution >= 4 is 59.9 Å². The molecule has 0 saturated carbocycles. The van der Waals surface area contributed by atoms with Gasteiger partial charge >= 0.3 is 24.8 Å². The van der Waals surface area contributed by atoms with E-state index in [1.807, 2.05) is 0 Å². The number of aromatic nitrogens is 4. The van der Waals surface area contributed by atoms with Gasteiger partial charge in [0.2, 0.25) is 5.82 Å². The number of nitrogens with zero attached hydrogens (tertiary/aromatic N) is 4. The average molecular weight is 676 g/mol. The number of ether oxygens (including phenoxy) is 3. The van der Waals surface area contributed by atoms with Crippen LogP contribution in [0.15, 0.2) is 21.6 Å². The Kier molecular flexibility index (Phi) is 16.7. The zero-order valence-electron chi connectivity index (χ0n) is 23.1. The number of hydrogen-bond donors (Lipinski definition) is 0. The van der Waals surface area contributed by atoms with Crippen molar-refractivity contribution in [1.82, 2.24) is 19.1 Å². The van der Waals surface area contributed by atoms with E-state index < -0.39 is 28.1 Å². The third kappa shape index (κ3) is 15.4. The zero-order chi connectivity index (χ0) is 27.5. The molecule has 0 aliphatic heterocycles. The molecule has 15 heteroatoms. The van der Waals surface area contributed by atoms with Crippen molar-refractivity contribution in [1.29, 1.82) is 0 Å². The Morgan fingerprint density at radius 2 is 1.27 bits per heavy atom. The van der Waals surface area contributed by atoms with E-state index in [2.05, 4.69) is 81.1 Å². The second kappa shape index (κ2) is 17.1. The molecule has 0 aliphatic carbocycles. The third-order valence-corrected chi connectivity index (χ3v) is 8.76. The molecule has 0 amide bonds. The predicted molar refractivity (Wildman–Crippen MR) is 148 cm³/mol. The Morgan fingerprint density at radius 1 is 0.865 bits per heavy atom. The topological polar surface area (TPSA) is 121 Å². The van der Waals surface area contributed by atoms with E-state index >= 15 is 0 Å². The van der Waals surface area contributed by atoms with Crippen LogP contribution in [-0.4, -0.2) is 67.0 Å². The van der Waals surface area contributed by atoms with Gasteiger partial charge in [0.05, 0.1) is 6.61 Å². The standard InChI is InChI=1S/C12H21BrN2O3Si.C10H17BrN2O3Si.Li/c1-5-18-12(16)11-14-10(13)8-15(11)9-17-6-7-19(2,3)4;1-17(2,3)5-4-16-7-13-6-8(11)12-9(13)10(14)15;/h8H,5-7,9H2,1-4H3;6H,4-5,7H2,1-3H3,(H,14,15);/q;;+1/p-1. The number of esters is 1. The smallest absolute Gasteiger partial charge is 0.542 e. The van der Waals surface area contributed by atoms with E-state index in [0.717, 1.165) is 12.1 Å². The van der Waals surface area contributed by atoms with Crippen LogP contribution in [0, 0.1) is 0 Å². The molecule has 2 heterocycles. The first-order chi connectivity index (χ1) is 16.6. The minimum Gasteiger partial charge on any atom is -0.542 e. The number of aromatic carboxylic acids is 1. The van der Waals surface area contributed by atoms with Crippen molar-refractivity contribution < 1.29 is 47.8 Å². The van der Waals surface area contributed by atoms with Gasteiger partial charge in [-0.2, -0.15) is 0 Å². The van der Waals surface area contributed by atoms with Crippen LogP contribution in [0.3, 0.4) is 0 Å². The molecule has 0 bridgehead atoms. The minimum absolute atomic E-state index is 0. The van der Waals surface area contributed by atoms with Gasteiger partial charge in [0.25, 0.3) is 0 Å². The Balaban J connectivity index is 0.000000686. The van der Waals surface area contributed by atoms with Crippen molar-refractivity contribution in [2.24, 2.45) is 0 Å². The number of carboxylic acids is 1. The molecule has 0 fully saturated rings. The first-order valence-electron chi connectivity index (χ1n) is 11.6. The Labute approximate surface area is 250 Å². The molecule has 2 aromatic heterocycles. The van der Waals surface area contributed by atoms with Crippen molar-refractivity contribution in [2.45, 2.75) is 71.8 Å². The summed E-state index contributed by atoms with van der Waals surface area (Å²) in [5.74, 6) is -1.59. The Hall–Kier alpha value is -0.729. The molecule has 0 aliphatic rings. The SMILES string of the molecule is CCOC(=O)c1nc(Br)cn1COCC[Si](C)(C)C.C[Si](C)(C)CCOCn1cc(Br)nc1C(=O)[O-].[Li+]. The van der Waals surface area contributed by atoms with Crippen molar-refractivity contribution in [3.05, 3.63) is 33.2 Å². The van der Waals surface area contributed by atoms with E-state index in [1.165, 1.54) is 4.57 Å². The average Bonchev–Trinajstić information content (AvgIpc) is 3.30. The fourth-order valence-electron chi connectivity index (χ4n) is 2.57. The monoisotopic (exact) mass is 674 g/mol. The number of carbonyl (C=O) groups excluding carboxylic acids is 2. The first-order valence-corrected chi connectivity index (χ1v) is 20.6. The molecular formula is C22H37Br2LiN4O6Si2.